The molecule has 5 heteroatoms. The molecule has 5 atom stereocenters. The standard InChI is InChI=1S/C22H27NO4/c1-23-18-11-17(16-9-8-14-6-4-5-7-15(14)10-16)21(22(24)26-3)19(23)12-20(18)27-13-25-2/h4-10,17-21H,11-13H2,1-3H3/t17-,18?,19?,20+,21+/m1/s1. The molecule has 4 rings (SSSR count). The van der Waals surface area contributed by atoms with Crippen LogP contribution in [0.1, 0.15) is 24.3 Å². The lowest BCUT2D eigenvalue weighted by molar-refractivity contribution is -0.150. The molecule has 2 fully saturated rings. The summed E-state index contributed by atoms with van der Waals surface area (Å²) in [6.45, 7) is 0.283. The third kappa shape index (κ3) is 3.24. The van der Waals surface area contributed by atoms with Gasteiger partial charge in [-0.1, -0.05) is 42.5 Å². The van der Waals surface area contributed by atoms with Gasteiger partial charge in [0.05, 0.1) is 19.1 Å². The van der Waals surface area contributed by atoms with E-state index < -0.39 is 0 Å². The summed E-state index contributed by atoms with van der Waals surface area (Å²) in [6.07, 6.45) is 1.78. The number of rotatable bonds is 5. The van der Waals surface area contributed by atoms with Crippen molar-refractivity contribution in [1.29, 1.82) is 0 Å². The lowest BCUT2D eigenvalue weighted by atomic mass is 9.76. The van der Waals surface area contributed by atoms with Crippen LogP contribution in [0.4, 0.5) is 0 Å². The van der Waals surface area contributed by atoms with E-state index >= 15 is 0 Å². The number of piperidine rings is 1. The van der Waals surface area contributed by atoms with Gasteiger partial charge in [0, 0.05) is 25.1 Å². The SMILES string of the molecule is COCO[C@H]1CC2[C@@H](C(=O)OC)[C@@H](c3ccc4ccccc4c3)CC1N2C. The van der Waals surface area contributed by atoms with Gasteiger partial charge < -0.3 is 14.2 Å². The van der Waals surface area contributed by atoms with E-state index in [1.807, 2.05) is 6.07 Å². The first-order chi connectivity index (χ1) is 13.1. The highest BCUT2D eigenvalue weighted by atomic mass is 16.7. The van der Waals surface area contributed by atoms with Crippen LogP contribution in [0, 0.1) is 5.92 Å². The van der Waals surface area contributed by atoms with Crippen LogP contribution in [0.5, 0.6) is 0 Å². The van der Waals surface area contributed by atoms with Crippen molar-refractivity contribution in [3.8, 4) is 0 Å². The molecule has 2 heterocycles. The van der Waals surface area contributed by atoms with Crippen molar-refractivity contribution < 1.29 is 19.0 Å². The fourth-order valence-electron chi connectivity index (χ4n) is 5.04. The number of carbonyl (C=O) groups excluding carboxylic acids is 1. The van der Waals surface area contributed by atoms with Crippen LogP contribution in [0.2, 0.25) is 0 Å². The van der Waals surface area contributed by atoms with Crippen molar-refractivity contribution in [2.75, 3.05) is 28.1 Å². The number of nitrogens with zero attached hydrogens (tertiary/aromatic N) is 1. The molecule has 2 unspecified atom stereocenters. The van der Waals surface area contributed by atoms with E-state index in [1.165, 1.54) is 23.4 Å². The van der Waals surface area contributed by atoms with Gasteiger partial charge in [-0.15, -0.1) is 0 Å². The summed E-state index contributed by atoms with van der Waals surface area (Å²) >= 11 is 0. The van der Waals surface area contributed by atoms with Crippen molar-refractivity contribution in [2.45, 2.75) is 36.9 Å². The van der Waals surface area contributed by atoms with Crippen molar-refractivity contribution in [3.05, 3.63) is 48.0 Å². The number of carbonyl (C=O) groups is 1. The molecule has 0 N–H and O–H groups in total. The molecule has 0 saturated carbocycles. The normalized spacial score (nSPS) is 30.6. The Labute approximate surface area is 160 Å². The summed E-state index contributed by atoms with van der Waals surface area (Å²) in [7, 11) is 5.22. The summed E-state index contributed by atoms with van der Waals surface area (Å²) in [4.78, 5) is 15.1. The highest BCUT2D eigenvalue weighted by molar-refractivity contribution is 5.83. The number of methoxy groups -OCH3 is 2. The second kappa shape index (κ2) is 7.58. The molecule has 0 aromatic heterocycles. The predicted molar refractivity (Wildman–Crippen MR) is 104 cm³/mol. The number of benzene rings is 2. The first kappa shape index (κ1) is 18.4. The van der Waals surface area contributed by atoms with E-state index in [0.29, 0.717) is 0 Å². The van der Waals surface area contributed by atoms with Gasteiger partial charge in [-0.2, -0.15) is 0 Å². The van der Waals surface area contributed by atoms with E-state index in [4.69, 9.17) is 14.2 Å². The number of fused-ring (bicyclic) bond motifs is 3. The van der Waals surface area contributed by atoms with Gasteiger partial charge >= 0.3 is 5.97 Å². The summed E-state index contributed by atoms with van der Waals surface area (Å²) in [6, 6.07) is 15.3. The smallest absolute Gasteiger partial charge is 0.310 e. The average Bonchev–Trinajstić information content (AvgIpc) is 2.89. The Morgan fingerprint density at radius 2 is 1.85 bits per heavy atom. The Hall–Kier alpha value is -1.95. The molecular formula is C22H27NO4. The number of ether oxygens (including phenoxy) is 3. The summed E-state index contributed by atoms with van der Waals surface area (Å²) in [5.74, 6) is -0.186. The molecule has 5 nitrogen and oxygen atoms in total. The summed E-state index contributed by atoms with van der Waals surface area (Å²) in [5.41, 5.74) is 1.21. The molecule has 2 aliphatic heterocycles. The van der Waals surface area contributed by atoms with E-state index in [9.17, 15) is 4.79 Å². The minimum Gasteiger partial charge on any atom is -0.469 e. The number of hydrogen-bond acceptors (Lipinski definition) is 5. The van der Waals surface area contributed by atoms with Gasteiger partial charge in [-0.25, -0.2) is 0 Å². The predicted octanol–water partition coefficient (Wildman–Crippen LogP) is 3.18. The zero-order valence-electron chi connectivity index (χ0n) is 16.1. The topological polar surface area (TPSA) is 48.0 Å². The Morgan fingerprint density at radius 1 is 1.07 bits per heavy atom. The van der Waals surface area contributed by atoms with Crippen LogP contribution in [-0.2, 0) is 19.0 Å². The van der Waals surface area contributed by atoms with Crippen LogP contribution < -0.4 is 0 Å². The monoisotopic (exact) mass is 369 g/mol. The Kier molecular flexibility index (Phi) is 5.17. The van der Waals surface area contributed by atoms with Gasteiger partial charge in [0.2, 0.25) is 0 Å². The Morgan fingerprint density at radius 3 is 2.59 bits per heavy atom. The molecule has 0 radical (unpaired) electrons. The van der Waals surface area contributed by atoms with E-state index in [0.717, 1.165) is 12.8 Å². The Balaban J connectivity index is 1.70. The molecule has 0 spiro atoms. The lowest BCUT2D eigenvalue weighted by Gasteiger charge is -2.42. The second-order valence-corrected chi connectivity index (χ2v) is 7.65. The maximum Gasteiger partial charge on any atom is 0.310 e. The van der Waals surface area contributed by atoms with Gasteiger partial charge in [0.1, 0.15) is 6.79 Å². The molecular weight excluding hydrogens is 342 g/mol. The quantitative estimate of drug-likeness (QED) is 0.598. The first-order valence-electron chi connectivity index (χ1n) is 9.53. The van der Waals surface area contributed by atoms with E-state index in [2.05, 4.69) is 48.3 Å². The van der Waals surface area contributed by atoms with Crippen LogP contribution in [-0.4, -0.2) is 57.1 Å². The third-order valence-corrected chi connectivity index (χ3v) is 6.37. The number of hydrogen-bond donors (Lipinski definition) is 0. The average molecular weight is 369 g/mol. The highest BCUT2D eigenvalue weighted by Gasteiger charge is 2.54. The fourth-order valence-corrected chi connectivity index (χ4v) is 5.04. The first-order valence-corrected chi connectivity index (χ1v) is 9.53. The minimum absolute atomic E-state index is 0.0811. The molecule has 2 aromatic carbocycles. The highest BCUT2D eigenvalue weighted by Crippen LogP contribution is 2.47. The van der Waals surface area contributed by atoms with Crippen LogP contribution in [0.3, 0.4) is 0 Å². The molecule has 2 saturated heterocycles. The molecule has 0 amide bonds. The van der Waals surface area contributed by atoms with Crippen molar-refractivity contribution in [1.82, 2.24) is 4.90 Å². The largest absolute Gasteiger partial charge is 0.469 e. The van der Waals surface area contributed by atoms with E-state index in [-0.39, 0.29) is 42.8 Å². The van der Waals surface area contributed by atoms with Crippen LogP contribution in [0.25, 0.3) is 10.8 Å². The molecule has 2 aromatic rings. The van der Waals surface area contributed by atoms with Crippen molar-refractivity contribution in [2.24, 2.45) is 5.92 Å². The second-order valence-electron chi connectivity index (χ2n) is 7.65. The maximum atomic E-state index is 12.8. The fraction of sp³-hybridized carbons (Fsp3) is 0.500. The van der Waals surface area contributed by atoms with Gasteiger partial charge in [0.15, 0.2) is 0 Å². The molecule has 2 bridgehead atoms. The number of esters is 1. The zero-order chi connectivity index (χ0) is 19.0. The van der Waals surface area contributed by atoms with Gasteiger partial charge in [-0.05, 0) is 36.2 Å². The minimum atomic E-state index is -0.187. The van der Waals surface area contributed by atoms with Gasteiger partial charge in [-0.3, -0.25) is 9.69 Å². The lowest BCUT2D eigenvalue weighted by Crippen LogP contribution is -2.50. The third-order valence-electron chi connectivity index (χ3n) is 6.37. The van der Waals surface area contributed by atoms with Crippen molar-refractivity contribution in [3.63, 3.8) is 0 Å². The molecule has 27 heavy (non-hydrogen) atoms. The maximum absolute atomic E-state index is 12.8. The van der Waals surface area contributed by atoms with Gasteiger partial charge in [0.25, 0.3) is 0 Å². The number of likely N-dealkylation sites (N-methyl/N-ethyl adjacent to an activating group) is 1. The molecule has 2 aliphatic rings. The Bertz CT molecular complexity index is 823. The van der Waals surface area contributed by atoms with Crippen LogP contribution in [0.15, 0.2) is 42.5 Å². The summed E-state index contributed by atoms with van der Waals surface area (Å²) in [5, 5.41) is 2.42. The molecule has 144 valence electrons. The molecule has 0 aliphatic carbocycles. The van der Waals surface area contributed by atoms with Crippen molar-refractivity contribution >= 4 is 16.7 Å². The van der Waals surface area contributed by atoms with E-state index in [1.54, 1.807) is 7.11 Å². The summed E-state index contributed by atoms with van der Waals surface area (Å²) < 4.78 is 16.3. The zero-order valence-corrected chi connectivity index (χ0v) is 16.1. The van der Waals surface area contributed by atoms with Crippen LogP contribution >= 0.6 is 0 Å².